The number of hydrogen-bond donors (Lipinski definition) is 2. The lowest BCUT2D eigenvalue weighted by Crippen LogP contribution is -2.33. The zero-order valence-electron chi connectivity index (χ0n) is 12.8. The van der Waals surface area contributed by atoms with Gasteiger partial charge in [-0.25, -0.2) is 0 Å². The van der Waals surface area contributed by atoms with Crippen molar-refractivity contribution in [1.82, 2.24) is 0 Å². The number of ether oxygens (including phenoxy) is 2. The van der Waals surface area contributed by atoms with E-state index in [1.54, 1.807) is 24.3 Å². The average Bonchev–Trinajstić information content (AvgIpc) is 2.61. The van der Waals surface area contributed by atoms with Gasteiger partial charge in [0.2, 0.25) is 17.1 Å². The van der Waals surface area contributed by atoms with Gasteiger partial charge in [0, 0.05) is 6.07 Å². The second kappa shape index (κ2) is 6.18. The molecule has 2 aromatic rings. The molecule has 0 aliphatic carbocycles. The summed E-state index contributed by atoms with van der Waals surface area (Å²) in [5, 5.41) is 26.7. The normalized spacial score (nSPS) is 19.1. The molecule has 0 bridgehead atoms. The second-order valence-electron chi connectivity index (χ2n) is 5.26. The van der Waals surface area contributed by atoms with Gasteiger partial charge in [-0.1, -0.05) is 12.1 Å². The molecule has 0 radical (unpaired) electrons. The van der Waals surface area contributed by atoms with Crippen LogP contribution in [0, 0.1) is 22.7 Å². The number of hydrogen-bond acceptors (Lipinski definition) is 7. The molecule has 122 valence electrons. The molecule has 2 heterocycles. The molecule has 0 saturated heterocycles. The van der Waals surface area contributed by atoms with Gasteiger partial charge in [0.15, 0.2) is 5.76 Å². The van der Waals surface area contributed by atoms with Crippen molar-refractivity contribution in [3.05, 3.63) is 57.6 Å². The van der Waals surface area contributed by atoms with Gasteiger partial charge >= 0.3 is 0 Å². The van der Waals surface area contributed by atoms with Crippen molar-refractivity contribution in [1.29, 1.82) is 10.7 Å². The fourth-order valence-electron chi connectivity index (χ4n) is 2.72. The maximum Gasteiger partial charge on any atom is 0.228 e. The lowest BCUT2D eigenvalue weighted by Gasteiger charge is -2.28. The van der Waals surface area contributed by atoms with Crippen LogP contribution in [0.25, 0.3) is 0 Å². The Kier molecular flexibility index (Phi) is 4.06. The summed E-state index contributed by atoms with van der Waals surface area (Å²) in [7, 11) is 1.52. The minimum Gasteiger partial charge on any atom is -0.497 e. The minimum absolute atomic E-state index is 0.0698. The van der Waals surface area contributed by atoms with Crippen molar-refractivity contribution in [2.75, 3.05) is 7.11 Å². The maximum absolute atomic E-state index is 12.2. The Morgan fingerprint density at radius 3 is 2.88 bits per heavy atom. The summed E-state index contributed by atoms with van der Waals surface area (Å²) in [6.07, 6.45) is 0. The molecule has 2 unspecified atom stereocenters. The van der Waals surface area contributed by atoms with Gasteiger partial charge in [0.05, 0.1) is 19.1 Å². The van der Waals surface area contributed by atoms with Gasteiger partial charge in [-0.2, -0.15) is 5.26 Å². The highest BCUT2D eigenvalue weighted by Gasteiger charge is 2.40. The lowest BCUT2D eigenvalue weighted by molar-refractivity contribution is 0.230. The standard InChI is InChI=1S/C17H14N2O5/c1-22-10-4-2-3-9(5-10)14-12(7-18)17(19)24-15-13(21)6-11(8-20)23-16(14)15/h2-6,12,14,19-20H,8H2,1H3. The Morgan fingerprint density at radius 1 is 1.42 bits per heavy atom. The molecule has 1 aromatic carbocycles. The second-order valence-corrected chi connectivity index (χ2v) is 5.26. The number of nitriles is 1. The highest BCUT2D eigenvalue weighted by Crippen LogP contribution is 2.41. The molecule has 0 fully saturated rings. The van der Waals surface area contributed by atoms with Crippen LogP contribution in [0.1, 0.15) is 23.0 Å². The summed E-state index contributed by atoms with van der Waals surface area (Å²) in [6, 6.07) is 10.1. The third-order valence-electron chi connectivity index (χ3n) is 3.84. The molecule has 0 spiro atoms. The molecule has 3 rings (SSSR count). The van der Waals surface area contributed by atoms with Crippen LogP contribution in [0.4, 0.5) is 0 Å². The first kappa shape index (κ1) is 15.8. The molecule has 2 N–H and O–H groups in total. The predicted molar refractivity (Wildman–Crippen MR) is 83.2 cm³/mol. The molecular weight excluding hydrogens is 312 g/mol. The van der Waals surface area contributed by atoms with Gasteiger partial charge in [0.25, 0.3) is 0 Å². The smallest absolute Gasteiger partial charge is 0.228 e. The number of aliphatic hydroxyl groups excluding tert-OH is 1. The van der Waals surface area contributed by atoms with E-state index in [9.17, 15) is 15.2 Å². The van der Waals surface area contributed by atoms with Gasteiger partial charge in [-0.05, 0) is 17.7 Å². The monoisotopic (exact) mass is 326 g/mol. The number of rotatable bonds is 3. The fraction of sp³-hybridized carbons (Fsp3) is 0.235. The Morgan fingerprint density at radius 2 is 2.21 bits per heavy atom. The molecule has 0 saturated carbocycles. The van der Waals surface area contributed by atoms with E-state index in [2.05, 4.69) is 0 Å². The summed E-state index contributed by atoms with van der Waals surface area (Å²) in [5.41, 5.74) is 0.141. The Balaban J connectivity index is 2.26. The van der Waals surface area contributed by atoms with Crippen molar-refractivity contribution in [2.45, 2.75) is 12.5 Å². The highest BCUT2D eigenvalue weighted by molar-refractivity contribution is 5.84. The van der Waals surface area contributed by atoms with Crippen LogP contribution in [0.3, 0.4) is 0 Å². The van der Waals surface area contributed by atoms with Crippen LogP contribution in [0.15, 0.2) is 39.5 Å². The molecule has 1 aliphatic rings. The van der Waals surface area contributed by atoms with Gasteiger partial charge < -0.3 is 19.0 Å². The highest BCUT2D eigenvalue weighted by atomic mass is 16.5. The van der Waals surface area contributed by atoms with Crippen LogP contribution < -0.4 is 14.9 Å². The van der Waals surface area contributed by atoms with E-state index >= 15 is 0 Å². The summed E-state index contributed by atoms with van der Waals surface area (Å²) in [6.45, 7) is -0.456. The number of benzene rings is 1. The fourth-order valence-corrected chi connectivity index (χ4v) is 2.72. The van der Waals surface area contributed by atoms with E-state index in [0.29, 0.717) is 11.3 Å². The topological polar surface area (TPSA) is 117 Å². The van der Waals surface area contributed by atoms with Crippen LogP contribution >= 0.6 is 0 Å². The number of nitrogens with one attached hydrogen (secondary N) is 1. The quantitative estimate of drug-likeness (QED) is 0.888. The third-order valence-corrected chi connectivity index (χ3v) is 3.84. The lowest BCUT2D eigenvalue weighted by atomic mass is 9.82. The SMILES string of the molecule is COc1cccc(C2c3oc(CO)cc(=O)c3OC(=N)C2C#N)c1. The molecular formula is C17H14N2O5. The third kappa shape index (κ3) is 2.53. The van der Waals surface area contributed by atoms with E-state index < -0.39 is 23.9 Å². The molecule has 0 amide bonds. The summed E-state index contributed by atoms with van der Waals surface area (Å²) < 4.78 is 16.0. The van der Waals surface area contributed by atoms with Gasteiger partial charge in [0.1, 0.15) is 24.0 Å². The van der Waals surface area contributed by atoms with Crippen molar-refractivity contribution in [3.8, 4) is 17.6 Å². The van der Waals surface area contributed by atoms with E-state index in [0.717, 1.165) is 6.07 Å². The number of nitrogens with zero attached hydrogens (tertiary/aromatic N) is 1. The molecule has 7 heteroatoms. The largest absolute Gasteiger partial charge is 0.497 e. The number of methoxy groups -OCH3 is 1. The Bertz CT molecular complexity index is 897. The minimum atomic E-state index is -0.957. The van der Waals surface area contributed by atoms with Gasteiger partial charge in [-0.15, -0.1) is 0 Å². The van der Waals surface area contributed by atoms with Crippen molar-refractivity contribution in [3.63, 3.8) is 0 Å². The van der Waals surface area contributed by atoms with Gasteiger partial charge in [-0.3, -0.25) is 10.2 Å². The average molecular weight is 326 g/mol. The van der Waals surface area contributed by atoms with Crippen molar-refractivity contribution in [2.24, 2.45) is 5.92 Å². The molecule has 1 aromatic heterocycles. The summed E-state index contributed by atoms with van der Waals surface area (Å²) in [5.74, 6) is -1.34. The van der Waals surface area contributed by atoms with Crippen LogP contribution in [0.5, 0.6) is 11.5 Å². The van der Waals surface area contributed by atoms with E-state index in [1.165, 1.54) is 7.11 Å². The molecule has 24 heavy (non-hydrogen) atoms. The van der Waals surface area contributed by atoms with Crippen LogP contribution in [0.2, 0.25) is 0 Å². The van der Waals surface area contributed by atoms with Crippen molar-refractivity contribution >= 4 is 5.90 Å². The molecule has 1 aliphatic heterocycles. The first-order valence-electron chi connectivity index (χ1n) is 7.16. The number of aliphatic hydroxyl groups is 1. The Labute approximate surface area is 137 Å². The predicted octanol–water partition coefficient (Wildman–Crippen LogP) is 1.78. The van der Waals surface area contributed by atoms with Crippen LogP contribution in [-0.2, 0) is 6.61 Å². The number of fused-ring (bicyclic) bond motifs is 1. The van der Waals surface area contributed by atoms with Crippen LogP contribution in [-0.4, -0.2) is 18.1 Å². The van der Waals surface area contributed by atoms with Crippen molar-refractivity contribution < 1.29 is 19.0 Å². The first-order chi connectivity index (χ1) is 11.6. The van der Waals surface area contributed by atoms with E-state index in [1.807, 2.05) is 6.07 Å². The van der Waals surface area contributed by atoms with E-state index in [4.69, 9.17) is 19.3 Å². The summed E-state index contributed by atoms with van der Waals surface area (Å²) >= 11 is 0. The zero-order valence-corrected chi connectivity index (χ0v) is 12.8. The first-order valence-corrected chi connectivity index (χ1v) is 7.16. The van der Waals surface area contributed by atoms with E-state index in [-0.39, 0.29) is 23.2 Å². The zero-order chi connectivity index (χ0) is 17.3. The molecule has 2 atom stereocenters. The molecule has 7 nitrogen and oxygen atoms in total. The Hall–Kier alpha value is -3.11. The maximum atomic E-state index is 12.2. The summed E-state index contributed by atoms with van der Waals surface area (Å²) in [4.78, 5) is 12.2.